The van der Waals surface area contributed by atoms with Crippen molar-refractivity contribution >= 4 is 0 Å². The topological polar surface area (TPSA) is 52.0 Å². The van der Waals surface area contributed by atoms with Gasteiger partial charge in [-0.25, -0.2) is 0 Å². The third kappa shape index (κ3) is 3.34. The Balaban J connectivity index is 2.51. The number of alkyl halides is 6. The molecule has 2 saturated carbocycles. The molecular formula is C15H24F6N2. The summed E-state index contributed by atoms with van der Waals surface area (Å²) in [7, 11) is 0. The molecular weight excluding hydrogens is 322 g/mol. The number of rotatable bonds is 2. The van der Waals surface area contributed by atoms with Crippen molar-refractivity contribution in [3.05, 3.63) is 0 Å². The van der Waals surface area contributed by atoms with Crippen molar-refractivity contribution in [1.82, 2.24) is 0 Å². The van der Waals surface area contributed by atoms with Crippen molar-refractivity contribution in [3.63, 3.8) is 0 Å². The Morgan fingerprint density at radius 3 is 1.22 bits per heavy atom. The minimum absolute atomic E-state index is 0.0849. The summed E-state index contributed by atoms with van der Waals surface area (Å²) in [6.45, 7) is 0. The Labute approximate surface area is 132 Å². The maximum Gasteiger partial charge on any atom is 0.403 e. The predicted molar refractivity (Wildman–Crippen MR) is 74.4 cm³/mol. The van der Waals surface area contributed by atoms with E-state index < -0.39 is 41.7 Å². The number of nitrogens with two attached hydrogens (primary N) is 2. The minimum atomic E-state index is -5.35. The third-order valence-electron chi connectivity index (χ3n) is 5.66. The summed E-state index contributed by atoms with van der Waals surface area (Å²) in [5.41, 5.74) is 7.73. The van der Waals surface area contributed by atoms with E-state index in [-0.39, 0.29) is 25.7 Å². The van der Waals surface area contributed by atoms with Crippen LogP contribution in [0.15, 0.2) is 0 Å². The number of hydrogen-bond acceptors (Lipinski definition) is 2. The fourth-order valence-corrected chi connectivity index (χ4v) is 4.70. The molecule has 2 aliphatic rings. The van der Waals surface area contributed by atoms with Crippen LogP contribution < -0.4 is 11.5 Å². The van der Waals surface area contributed by atoms with Crippen LogP contribution in [-0.2, 0) is 0 Å². The van der Waals surface area contributed by atoms with Crippen molar-refractivity contribution in [1.29, 1.82) is 0 Å². The van der Waals surface area contributed by atoms with Crippen LogP contribution in [0.3, 0.4) is 0 Å². The highest BCUT2D eigenvalue weighted by Crippen LogP contribution is 2.64. The highest BCUT2D eigenvalue weighted by atomic mass is 19.4. The van der Waals surface area contributed by atoms with E-state index in [9.17, 15) is 26.3 Å². The van der Waals surface area contributed by atoms with E-state index in [1.807, 2.05) is 0 Å². The van der Waals surface area contributed by atoms with Gasteiger partial charge in [-0.1, -0.05) is 12.8 Å². The van der Waals surface area contributed by atoms with Gasteiger partial charge < -0.3 is 11.5 Å². The van der Waals surface area contributed by atoms with Crippen LogP contribution in [0.5, 0.6) is 0 Å². The van der Waals surface area contributed by atoms with Crippen molar-refractivity contribution < 1.29 is 26.3 Å². The number of hydrogen-bond donors (Lipinski definition) is 2. The molecule has 0 radical (unpaired) electrons. The van der Waals surface area contributed by atoms with Gasteiger partial charge in [0.2, 0.25) is 0 Å². The molecule has 23 heavy (non-hydrogen) atoms. The molecule has 0 aliphatic heterocycles. The van der Waals surface area contributed by atoms with Gasteiger partial charge in [-0.05, 0) is 50.4 Å². The first-order valence-electron chi connectivity index (χ1n) is 8.14. The zero-order valence-electron chi connectivity index (χ0n) is 12.9. The second-order valence-electron chi connectivity index (χ2n) is 7.11. The molecule has 0 heterocycles. The van der Waals surface area contributed by atoms with Gasteiger partial charge in [0, 0.05) is 12.1 Å². The Morgan fingerprint density at radius 2 is 0.957 bits per heavy atom. The monoisotopic (exact) mass is 346 g/mol. The molecule has 0 spiro atoms. The van der Waals surface area contributed by atoms with Gasteiger partial charge in [0.1, 0.15) is 0 Å². The van der Waals surface area contributed by atoms with E-state index in [4.69, 9.17) is 11.5 Å². The summed E-state index contributed by atoms with van der Waals surface area (Å²) in [5, 5.41) is 0. The summed E-state index contributed by atoms with van der Waals surface area (Å²) in [5.74, 6) is -3.02. The average Bonchev–Trinajstić information content (AvgIpc) is 2.36. The van der Waals surface area contributed by atoms with Gasteiger partial charge in [0.25, 0.3) is 0 Å². The molecule has 0 aromatic rings. The van der Waals surface area contributed by atoms with Crippen molar-refractivity contribution in [2.24, 2.45) is 28.7 Å². The Bertz CT molecular complexity index is 368. The van der Waals surface area contributed by atoms with E-state index in [0.717, 1.165) is 0 Å². The Kier molecular flexibility index (Phi) is 5.26. The fourth-order valence-electron chi connectivity index (χ4n) is 4.70. The van der Waals surface area contributed by atoms with Gasteiger partial charge in [0.05, 0.1) is 0 Å². The number of halogens is 6. The largest absolute Gasteiger partial charge is 0.403 e. The summed E-state index contributed by atoms with van der Waals surface area (Å²) in [4.78, 5) is 0. The van der Waals surface area contributed by atoms with E-state index in [2.05, 4.69) is 0 Å². The molecule has 0 amide bonds. The zero-order valence-corrected chi connectivity index (χ0v) is 12.9. The lowest BCUT2D eigenvalue weighted by Crippen LogP contribution is -2.62. The highest BCUT2D eigenvalue weighted by Gasteiger charge is 2.76. The molecule has 2 nitrogen and oxygen atoms in total. The van der Waals surface area contributed by atoms with E-state index in [0.29, 0.717) is 25.7 Å². The molecule has 2 aliphatic carbocycles. The first-order valence-corrected chi connectivity index (χ1v) is 8.14. The molecule has 2 fully saturated rings. The smallest absolute Gasteiger partial charge is 0.328 e. The lowest BCUT2D eigenvalue weighted by Gasteiger charge is -2.51. The standard InChI is InChI=1S/C15H24F6N2/c16-14(17,18)13(15(19,20)21,9-3-1-5-11(22)7-9)10-4-2-6-12(23)8-10/h9-12H,1-8,22-23H2. The van der Waals surface area contributed by atoms with Gasteiger partial charge in [-0.3, -0.25) is 0 Å². The molecule has 4 unspecified atom stereocenters. The van der Waals surface area contributed by atoms with Crippen LogP contribution in [0.4, 0.5) is 26.3 Å². The van der Waals surface area contributed by atoms with Crippen molar-refractivity contribution in [3.8, 4) is 0 Å². The molecule has 4 atom stereocenters. The lowest BCUT2D eigenvalue weighted by molar-refractivity contribution is -0.381. The second kappa shape index (κ2) is 6.43. The highest BCUT2D eigenvalue weighted by molar-refractivity contribution is 5.05. The third-order valence-corrected chi connectivity index (χ3v) is 5.66. The van der Waals surface area contributed by atoms with Gasteiger partial charge in [-0.15, -0.1) is 0 Å². The lowest BCUT2D eigenvalue weighted by atomic mass is 9.57. The van der Waals surface area contributed by atoms with E-state index in [1.165, 1.54) is 0 Å². The second-order valence-corrected chi connectivity index (χ2v) is 7.11. The average molecular weight is 346 g/mol. The van der Waals surface area contributed by atoms with E-state index >= 15 is 0 Å². The van der Waals surface area contributed by atoms with Gasteiger partial charge in [0.15, 0.2) is 5.41 Å². The van der Waals surface area contributed by atoms with Crippen molar-refractivity contribution in [2.75, 3.05) is 0 Å². The van der Waals surface area contributed by atoms with Crippen LogP contribution in [0.1, 0.15) is 51.4 Å². The maximum absolute atomic E-state index is 13.9. The normalized spacial score (nSPS) is 34.4. The molecule has 0 saturated heterocycles. The minimum Gasteiger partial charge on any atom is -0.328 e. The molecule has 136 valence electrons. The SMILES string of the molecule is NC1CCCC(C(C2CCCC(N)C2)(C(F)(F)F)C(F)(F)F)C1. The van der Waals surface area contributed by atoms with E-state index in [1.54, 1.807) is 0 Å². The molecule has 0 aromatic heterocycles. The zero-order chi connectivity index (χ0) is 17.5. The summed E-state index contributed by atoms with van der Waals surface area (Å²) in [6, 6.07) is -1.20. The molecule has 8 heteroatoms. The molecule has 2 rings (SSSR count). The molecule has 0 bridgehead atoms. The first kappa shape index (κ1) is 18.8. The molecule has 0 aromatic carbocycles. The predicted octanol–water partition coefficient (Wildman–Crippen LogP) is 4.13. The van der Waals surface area contributed by atoms with Crippen LogP contribution in [-0.4, -0.2) is 24.4 Å². The summed E-state index contributed by atoms with van der Waals surface area (Å²) < 4.78 is 83.4. The van der Waals surface area contributed by atoms with Crippen LogP contribution in [0, 0.1) is 17.3 Å². The summed E-state index contributed by atoms with van der Waals surface area (Å²) in [6.07, 6.45) is -9.77. The quantitative estimate of drug-likeness (QED) is 0.739. The van der Waals surface area contributed by atoms with Crippen molar-refractivity contribution in [2.45, 2.75) is 75.8 Å². The van der Waals surface area contributed by atoms with Gasteiger partial charge in [-0.2, -0.15) is 26.3 Å². The Hall–Kier alpha value is -0.500. The molecule has 4 N–H and O–H groups in total. The van der Waals surface area contributed by atoms with Crippen LogP contribution >= 0.6 is 0 Å². The fraction of sp³-hybridized carbons (Fsp3) is 1.00. The summed E-state index contributed by atoms with van der Waals surface area (Å²) >= 11 is 0. The Morgan fingerprint density at radius 1 is 0.609 bits per heavy atom. The van der Waals surface area contributed by atoms with Gasteiger partial charge >= 0.3 is 12.4 Å². The van der Waals surface area contributed by atoms with Crippen LogP contribution in [0.25, 0.3) is 0 Å². The first-order chi connectivity index (χ1) is 10.5. The maximum atomic E-state index is 13.9. The van der Waals surface area contributed by atoms with Crippen LogP contribution in [0.2, 0.25) is 0 Å².